The van der Waals surface area contributed by atoms with E-state index in [1.807, 2.05) is 29.0 Å². The summed E-state index contributed by atoms with van der Waals surface area (Å²) in [5.41, 5.74) is 0.958. The Balaban J connectivity index is 1.96. The van der Waals surface area contributed by atoms with E-state index in [0.29, 0.717) is 11.9 Å². The molecule has 0 fully saturated rings. The molecule has 246 valence electrons. The van der Waals surface area contributed by atoms with Crippen molar-refractivity contribution in [3.05, 3.63) is 42.1 Å². The van der Waals surface area contributed by atoms with E-state index in [0.717, 1.165) is 31.1 Å². The van der Waals surface area contributed by atoms with Gasteiger partial charge in [-0.25, -0.2) is 4.79 Å². The molecule has 4 N–H and O–H groups in total. The van der Waals surface area contributed by atoms with Gasteiger partial charge in [0.25, 0.3) is 5.91 Å². The van der Waals surface area contributed by atoms with Gasteiger partial charge in [0, 0.05) is 24.5 Å². The number of ether oxygens (including phenoxy) is 1. The topological polar surface area (TPSA) is 172 Å². The summed E-state index contributed by atoms with van der Waals surface area (Å²) in [6.07, 6.45) is 14.1. The number of para-hydroxylation sites is 1. The summed E-state index contributed by atoms with van der Waals surface area (Å²) < 4.78 is 39.1. The molecule has 2 aromatic rings. The lowest BCUT2D eigenvalue weighted by Gasteiger charge is -2.23. The molecule has 1 aromatic carbocycles. The largest absolute Gasteiger partial charge is 0.481 e. The number of amides is 1. The molecule has 0 unspecified atom stereocenters. The van der Waals surface area contributed by atoms with E-state index >= 15 is 0 Å². The fraction of sp³-hybridized carbons (Fsp3) is 0.625. The zero-order chi connectivity index (χ0) is 32.2. The molecule has 0 bridgehead atoms. The molecule has 0 aliphatic carbocycles. The van der Waals surface area contributed by atoms with E-state index in [2.05, 4.69) is 17.2 Å². The van der Waals surface area contributed by atoms with Gasteiger partial charge >= 0.3 is 22.2 Å². The highest BCUT2D eigenvalue weighted by Crippen LogP contribution is 2.17. The number of rotatable bonds is 24. The number of carboxylic acid groups (broad SMARTS) is 1. The van der Waals surface area contributed by atoms with Crippen LogP contribution in [0.1, 0.15) is 120 Å². The van der Waals surface area contributed by atoms with Crippen molar-refractivity contribution < 1.29 is 37.2 Å². The number of nitrogens with one attached hydrogen (secondary N) is 2. The number of unbranched alkanes of at least 4 members (excludes halogenated alkanes) is 10. The van der Waals surface area contributed by atoms with Crippen molar-refractivity contribution in [2.24, 2.45) is 0 Å². The van der Waals surface area contributed by atoms with Crippen LogP contribution in [0.25, 0.3) is 10.9 Å². The predicted molar refractivity (Wildman–Crippen MR) is 170 cm³/mol. The van der Waals surface area contributed by atoms with E-state index < -0.39 is 40.3 Å². The smallest absolute Gasteiger partial charge is 0.333 e. The lowest BCUT2D eigenvalue weighted by atomic mass is 10.0. The highest BCUT2D eigenvalue weighted by Gasteiger charge is 2.26. The van der Waals surface area contributed by atoms with Gasteiger partial charge in [0.05, 0.1) is 11.1 Å². The number of benzene rings is 1. The number of carbonyl (C=O) groups excluding carboxylic acids is 2. The number of hydrogen-bond acceptors (Lipinski definition) is 7. The van der Waals surface area contributed by atoms with Crippen LogP contribution >= 0.6 is 0 Å². The molecule has 0 spiro atoms. The van der Waals surface area contributed by atoms with Crippen molar-refractivity contribution in [3.8, 4) is 0 Å². The molecule has 1 aromatic heterocycles. The van der Waals surface area contributed by atoms with Crippen LogP contribution < -0.4 is 10.0 Å². The third-order valence-corrected chi connectivity index (χ3v) is 8.06. The van der Waals surface area contributed by atoms with Gasteiger partial charge in [0.2, 0.25) is 0 Å². The van der Waals surface area contributed by atoms with Crippen molar-refractivity contribution >= 4 is 39.1 Å². The summed E-state index contributed by atoms with van der Waals surface area (Å²) in [6, 6.07) is 7.84. The number of aromatic nitrogens is 1. The van der Waals surface area contributed by atoms with Crippen LogP contribution in [0.4, 0.5) is 0 Å². The first-order valence-electron chi connectivity index (χ1n) is 15.9. The number of aliphatic carboxylic acids is 1. The van der Waals surface area contributed by atoms with Crippen LogP contribution in [0.2, 0.25) is 0 Å². The maximum atomic E-state index is 13.3. The fourth-order valence-electron chi connectivity index (χ4n) is 5.04. The summed E-state index contributed by atoms with van der Waals surface area (Å²) in [7, 11) is -4.40. The molecule has 0 aliphatic rings. The summed E-state index contributed by atoms with van der Waals surface area (Å²) in [4.78, 5) is 41.7. The summed E-state index contributed by atoms with van der Waals surface area (Å²) in [5, 5.41) is 12.5. The van der Waals surface area contributed by atoms with E-state index in [4.69, 9.17) is 14.4 Å². The second-order valence-electron chi connectivity index (χ2n) is 11.3. The number of pyridine rings is 1. The molecule has 0 saturated carbocycles. The standard InChI is InChI=1S/C32H49N3O8S/c1-2-3-4-5-6-7-8-9-10-11-12-17-27(21-22-34-44(40,41)42)43-32(39)29(19-15-20-30(36)37)35-31(38)26-23-25-16-13-14-18-28(25)33-24-26/h13-14,16,18,23-24,27,29,34H,2-12,15,17,19-22H2,1H3,(H,35,38)(H,36,37)(H,40,41,42)/t27-,29-/m0/s1. The first kappa shape index (κ1) is 37.1. The van der Waals surface area contributed by atoms with E-state index in [9.17, 15) is 22.8 Å². The van der Waals surface area contributed by atoms with Gasteiger partial charge in [0.1, 0.15) is 12.1 Å². The number of esters is 1. The normalized spacial score (nSPS) is 13.0. The Kier molecular flexibility index (Phi) is 17.5. The molecule has 1 amide bonds. The minimum absolute atomic E-state index is 0.0479. The van der Waals surface area contributed by atoms with Crippen LogP contribution in [-0.4, -0.2) is 59.6 Å². The van der Waals surface area contributed by atoms with E-state index in [1.54, 1.807) is 6.07 Å². The highest BCUT2D eigenvalue weighted by atomic mass is 32.2. The van der Waals surface area contributed by atoms with Gasteiger partial charge in [-0.3, -0.25) is 19.1 Å². The van der Waals surface area contributed by atoms with Gasteiger partial charge in [0.15, 0.2) is 0 Å². The average molecular weight is 636 g/mol. The predicted octanol–water partition coefficient (Wildman–Crippen LogP) is 5.98. The molecule has 2 atom stereocenters. The van der Waals surface area contributed by atoms with Gasteiger partial charge in [-0.05, 0) is 44.2 Å². The lowest BCUT2D eigenvalue weighted by Crippen LogP contribution is -2.43. The van der Waals surface area contributed by atoms with Crippen LogP contribution in [0.5, 0.6) is 0 Å². The minimum Gasteiger partial charge on any atom is -0.481 e. The quantitative estimate of drug-likeness (QED) is 0.0615. The zero-order valence-electron chi connectivity index (χ0n) is 25.8. The van der Waals surface area contributed by atoms with Crippen LogP contribution in [0, 0.1) is 0 Å². The van der Waals surface area contributed by atoms with Gasteiger partial charge in [-0.1, -0.05) is 89.3 Å². The Morgan fingerprint density at radius 3 is 2.16 bits per heavy atom. The van der Waals surface area contributed by atoms with E-state index in [-0.39, 0.29) is 37.8 Å². The molecular formula is C32H49N3O8S. The van der Waals surface area contributed by atoms with Crippen molar-refractivity contribution in [2.75, 3.05) is 6.54 Å². The monoisotopic (exact) mass is 635 g/mol. The molecule has 0 aliphatic heterocycles. The number of hydrogen-bond donors (Lipinski definition) is 4. The summed E-state index contributed by atoms with van der Waals surface area (Å²) in [6.45, 7) is 2.08. The zero-order valence-corrected chi connectivity index (χ0v) is 26.7. The Bertz CT molecular complexity index is 1270. The van der Waals surface area contributed by atoms with Crippen LogP contribution in [0.3, 0.4) is 0 Å². The molecule has 11 nitrogen and oxygen atoms in total. The highest BCUT2D eigenvalue weighted by molar-refractivity contribution is 7.83. The Labute approximate surface area is 261 Å². The second kappa shape index (κ2) is 20.8. The average Bonchev–Trinajstić information content (AvgIpc) is 2.98. The van der Waals surface area contributed by atoms with Crippen molar-refractivity contribution in [1.82, 2.24) is 15.0 Å². The number of nitrogens with zero attached hydrogens (tertiary/aromatic N) is 1. The summed E-state index contributed by atoms with van der Waals surface area (Å²) >= 11 is 0. The van der Waals surface area contributed by atoms with E-state index in [1.165, 1.54) is 51.1 Å². The molecule has 12 heteroatoms. The number of fused-ring (bicyclic) bond motifs is 1. The fourth-order valence-corrected chi connectivity index (χ4v) is 5.41. The first-order chi connectivity index (χ1) is 21.1. The molecule has 44 heavy (non-hydrogen) atoms. The van der Waals surface area contributed by atoms with Gasteiger partial charge in [-0.15, -0.1) is 0 Å². The second-order valence-corrected chi connectivity index (χ2v) is 12.5. The first-order valence-corrected chi connectivity index (χ1v) is 17.3. The Morgan fingerprint density at radius 2 is 1.52 bits per heavy atom. The number of carbonyl (C=O) groups is 3. The van der Waals surface area contributed by atoms with Crippen molar-refractivity contribution in [2.45, 2.75) is 122 Å². The van der Waals surface area contributed by atoms with Crippen molar-refractivity contribution in [3.63, 3.8) is 0 Å². The maximum Gasteiger partial charge on any atom is 0.333 e. The maximum absolute atomic E-state index is 13.3. The Morgan fingerprint density at radius 1 is 0.886 bits per heavy atom. The molecule has 0 radical (unpaired) electrons. The minimum atomic E-state index is -4.40. The van der Waals surface area contributed by atoms with Gasteiger partial charge < -0.3 is 15.2 Å². The lowest BCUT2D eigenvalue weighted by molar-refractivity contribution is -0.152. The third kappa shape index (κ3) is 16.1. The third-order valence-electron chi connectivity index (χ3n) is 7.49. The SMILES string of the molecule is CCCCCCCCCCCCC[C@@H](CCNS(=O)(=O)O)OC(=O)[C@H](CCCC(=O)O)NC(=O)c1cnc2ccccc2c1. The molecule has 2 rings (SSSR count). The van der Waals surface area contributed by atoms with Crippen molar-refractivity contribution in [1.29, 1.82) is 0 Å². The Hall–Kier alpha value is -3.09. The van der Waals surface area contributed by atoms with Crippen LogP contribution in [0.15, 0.2) is 36.5 Å². The van der Waals surface area contributed by atoms with Gasteiger partial charge in [-0.2, -0.15) is 13.1 Å². The van der Waals surface area contributed by atoms with Crippen LogP contribution in [-0.2, 0) is 24.6 Å². The molecular weight excluding hydrogens is 586 g/mol. The molecule has 0 saturated heterocycles. The number of carboxylic acids is 1. The summed E-state index contributed by atoms with van der Waals surface area (Å²) in [5.74, 6) is -2.29. The molecule has 1 heterocycles.